The summed E-state index contributed by atoms with van der Waals surface area (Å²) in [5, 5.41) is 0. The standard InChI is InChI=1S/C15H24N2O5/c1-3-16-7-8-17(15(20)14(16)19)10-13(18)22-12-6-4-5-11(9-12)21-2/h11-12H,3-10H2,1-2H3/t11-,12+/m0/s1. The van der Waals surface area contributed by atoms with Crippen LogP contribution in [0.2, 0.25) is 0 Å². The zero-order chi connectivity index (χ0) is 16.1. The number of rotatable bonds is 5. The van der Waals surface area contributed by atoms with Gasteiger partial charge in [0, 0.05) is 33.2 Å². The molecule has 1 aliphatic carbocycles. The highest BCUT2D eigenvalue weighted by Gasteiger charge is 2.33. The Morgan fingerprint density at radius 1 is 1.14 bits per heavy atom. The number of ether oxygens (including phenoxy) is 2. The summed E-state index contributed by atoms with van der Waals surface area (Å²) in [6.45, 7) is 3.01. The lowest BCUT2D eigenvalue weighted by atomic mass is 9.95. The minimum atomic E-state index is -0.622. The Balaban J connectivity index is 1.82. The molecule has 0 bridgehead atoms. The van der Waals surface area contributed by atoms with E-state index >= 15 is 0 Å². The van der Waals surface area contributed by atoms with Crippen molar-refractivity contribution in [3.05, 3.63) is 0 Å². The van der Waals surface area contributed by atoms with Gasteiger partial charge in [0.05, 0.1) is 6.10 Å². The van der Waals surface area contributed by atoms with Crippen LogP contribution in [-0.2, 0) is 23.9 Å². The van der Waals surface area contributed by atoms with Crippen LogP contribution in [-0.4, -0.2) is 73.1 Å². The summed E-state index contributed by atoms with van der Waals surface area (Å²) < 4.78 is 10.7. The van der Waals surface area contributed by atoms with E-state index in [1.54, 1.807) is 7.11 Å². The van der Waals surface area contributed by atoms with Gasteiger partial charge < -0.3 is 19.3 Å². The number of carbonyl (C=O) groups is 3. The number of nitrogens with zero attached hydrogens (tertiary/aromatic N) is 2. The third-order valence-corrected chi connectivity index (χ3v) is 4.31. The summed E-state index contributed by atoms with van der Waals surface area (Å²) in [6, 6.07) is 0. The first-order chi connectivity index (χ1) is 10.5. The van der Waals surface area contributed by atoms with Crippen LogP contribution in [0.25, 0.3) is 0 Å². The molecule has 0 aromatic heterocycles. The molecule has 2 amide bonds. The molecule has 1 heterocycles. The topological polar surface area (TPSA) is 76.2 Å². The molecule has 1 saturated carbocycles. The van der Waals surface area contributed by atoms with Crippen molar-refractivity contribution in [1.82, 2.24) is 9.80 Å². The van der Waals surface area contributed by atoms with E-state index in [1.807, 2.05) is 6.92 Å². The molecule has 7 heteroatoms. The van der Waals surface area contributed by atoms with Crippen LogP contribution in [0.5, 0.6) is 0 Å². The maximum absolute atomic E-state index is 12.0. The molecule has 2 aliphatic rings. The molecule has 2 fully saturated rings. The van der Waals surface area contributed by atoms with Crippen LogP contribution < -0.4 is 0 Å². The number of likely N-dealkylation sites (N-methyl/N-ethyl adjacent to an activating group) is 1. The van der Waals surface area contributed by atoms with Crippen molar-refractivity contribution in [1.29, 1.82) is 0 Å². The SMILES string of the molecule is CCN1CCN(CC(=O)O[C@@H]2CCC[C@H](OC)C2)C(=O)C1=O. The fraction of sp³-hybridized carbons (Fsp3) is 0.800. The highest BCUT2D eigenvalue weighted by molar-refractivity contribution is 6.35. The zero-order valence-corrected chi connectivity index (χ0v) is 13.2. The van der Waals surface area contributed by atoms with Crippen LogP contribution in [0, 0.1) is 0 Å². The smallest absolute Gasteiger partial charge is 0.325 e. The molecule has 0 radical (unpaired) electrons. The Kier molecular flexibility index (Phi) is 5.76. The van der Waals surface area contributed by atoms with Crippen molar-refractivity contribution in [3.63, 3.8) is 0 Å². The number of piperazine rings is 1. The monoisotopic (exact) mass is 312 g/mol. The van der Waals surface area contributed by atoms with Crippen LogP contribution in [0.4, 0.5) is 0 Å². The molecule has 124 valence electrons. The summed E-state index contributed by atoms with van der Waals surface area (Å²) in [6.07, 6.45) is 3.43. The van der Waals surface area contributed by atoms with E-state index in [9.17, 15) is 14.4 Å². The van der Waals surface area contributed by atoms with Crippen LogP contribution >= 0.6 is 0 Å². The lowest BCUT2D eigenvalue weighted by Crippen LogP contribution is -2.55. The molecule has 0 spiro atoms. The predicted molar refractivity (Wildman–Crippen MR) is 78.0 cm³/mol. The van der Waals surface area contributed by atoms with Gasteiger partial charge in [0.1, 0.15) is 12.6 Å². The molecular formula is C15H24N2O5. The second-order valence-electron chi connectivity index (χ2n) is 5.75. The molecule has 2 rings (SSSR count). The minimum Gasteiger partial charge on any atom is -0.461 e. The normalized spacial score (nSPS) is 26.3. The van der Waals surface area contributed by atoms with Crippen LogP contribution in [0.1, 0.15) is 32.6 Å². The lowest BCUT2D eigenvalue weighted by Gasteiger charge is -2.33. The third-order valence-electron chi connectivity index (χ3n) is 4.31. The second-order valence-corrected chi connectivity index (χ2v) is 5.75. The number of carbonyl (C=O) groups excluding carboxylic acids is 3. The van der Waals surface area contributed by atoms with Gasteiger partial charge in [0.2, 0.25) is 0 Å². The van der Waals surface area contributed by atoms with Gasteiger partial charge in [-0.15, -0.1) is 0 Å². The van der Waals surface area contributed by atoms with E-state index in [2.05, 4.69) is 0 Å². The molecule has 1 saturated heterocycles. The summed E-state index contributed by atoms with van der Waals surface area (Å²) in [5.41, 5.74) is 0. The van der Waals surface area contributed by atoms with Gasteiger partial charge in [-0.25, -0.2) is 0 Å². The fourth-order valence-corrected chi connectivity index (χ4v) is 2.97. The summed E-state index contributed by atoms with van der Waals surface area (Å²) in [7, 11) is 1.66. The Morgan fingerprint density at radius 3 is 2.45 bits per heavy atom. The molecule has 0 unspecified atom stereocenters. The molecule has 0 aromatic carbocycles. The minimum absolute atomic E-state index is 0.128. The summed E-state index contributed by atoms with van der Waals surface area (Å²) >= 11 is 0. The van der Waals surface area contributed by atoms with E-state index in [0.717, 1.165) is 19.3 Å². The maximum atomic E-state index is 12.0. The van der Waals surface area contributed by atoms with Crippen molar-refractivity contribution in [2.24, 2.45) is 0 Å². The van der Waals surface area contributed by atoms with Crippen molar-refractivity contribution in [2.45, 2.75) is 44.8 Å². The average molecular weight is 312 g/mol. The number of esters is 1. The van der Waals surface area contributed by atoms with E-state index < -0.39 is 17.8 Å². The Labute approximate surface area is 130 Å². The van der Waals surface area contributed by atoms with E-state index in [0.29, 0.717) is 26.1 Å². The van der Waals surface area contributed by atoms with Gasteiger partial charge in [0.25, 0.3) is 0 Å². The van der Waals surface area contributed by atoms with Gasteiger partial charge in [0.15, 0.2) is 0 Å². The number of amides is 2. The van der Waals surface area contributed by atoms with Crippen molar-refractivity contribution < 1.29 is 23.9 Å². The molecule has 2 atom stereocenters. The van der Waals surface area contributed by atoms with Gasteiger partial charge in [-0.05, 0) is 26.2 Å². The largest absolute Gasteiger partial charge is 0.461 e. The van der Waals surface area contributed by atoms with Gasteiger partial charge in [-0.3, -0.25) is 14.4 Å². The highest BCUT2D eigenvalue weighted by Crippen LogP contribution is 2.23. The molecule has 1 aliphatic heterocycles. The number of methoxy groups -OCH3 is 1. The highest BCUT2D eigenvalue weighted by atomic mass is 16.5. The van der Waals surface area contributed by atoms with Gasteiger partial charge in [-0.2, -0.15) is 0 Å². The second kappa shape index (κ2) is 7.58. The van der Waals surface area contributed by atoms with E-state index in [-0.39, 0.29) is 18.8 Å². The maximum Gasteiger partial charge on any atom is 0.325 e. The molecule has 7 nitrogen and oxygen atoms in total. The van der Waals surface area contributed by atoms with Crippen molar-refractivity contribution >= 4 is 17.8 Å². The van der Waals surface area contributed by atoms with Gasteiger partial charge in [-0.1, -0.05) is 0 Å². The molecular weight excluding hydrogens is 288 g/mol. The average Bonchev–Trinajstić information content (AvgIpc) is 2.52. The summed E-state index contributed by atoms with van der Waals surface area (Å²) in [4.78, 5) is 38.5. The zero-order valence-electron chi connectivity index (χ0n) is 13.2. The third kappa shape index (κ3) is 3.97. The number of hydrogen-bond acceptors (Lipinski definition) is 5. The van der Waals surface area contributed by atoms with Crippen molar-refractivity contribution in [3.8, 4) is 0 Å². The molecule has 22 heavy (non-hydrogen) atoms. The van der Waals surface area contributed by atoms with E-state index in [4.69, 9.17) is 9.47 Å². The predicted octanol–water partition coefficient (Wildman–Crippen LogP) is 0.178. The summed E-state index contributed by atoms with van der Waals surface area (Å²) in [5.74, 6) is -1.62. The Hall–Kier alpha value is -1.63. The first-order valence-electron chi connectivity index (χ1n) is 7.85. The molecule has 0 aromatic rings. The van der Waals surface area contributed by atoms with Crippen LogP contribution in [0.15, 0.2) is 0 Å². The Bertz CT molecular complexity index is 440. The first kappa shape index (κ1) is 16.7. The van der Waals surface area contributed by atoms with Gasteiger partial charge >= 0.3 is 17.8 Å². The van der Waals surface area contributed by atoms with Crippen molar-refractivity contribution in [2.75, 3.05) is 33.3 Å². The van der Waals surface area contributed by atoms with Crippen LogP contribution in [0.3, 0.4) is 0 Å². The number of hydrogen-bond donors (Lipinski definition) is 0. The van der Waals surface area contributed by atoms with E-state index in [1.165, 1.54) is 9.80 Å². The Morgan fingerprint density at radius 2 is 1.77 bits per heavy atom. The molecule has 0 N–H and O–H groups in total. The quantitative estimate of drug-likeness (QED) is 0.534. The fourth-order valence-electron chi connectivity index (χ4n) is 2.97. The lowest BCUT2D eigenvalue weighted by molar-refractivity contribution is -0.162. The first-order valence-corrected chi connectivity index (χ1v) is 7.85.